The van der Waals surface area contributed by atoms with E-state index >= 15 is 0 Å². The van der Waals surface area contributed by atoms with Gasteiger partial charge in [-0.1, -0.05) is 0 Å². The Morgan fingerprint density at radius 2 is 1.57 bits per heavy atom. The molecule has 0 bridgehead atoms. The van der Waals surface area contributed by atoms with Crippen LogP contribution in [0.1, 0.15) is 12.8 Å². The zero-order chi connectivity index (χ0) is 15.1. The fraction of sp³-hybridized carbons (Fsp3) is 0.625. The Hall–Kier alpha value is -1.46. The number of anilines is 1. The predicted octanol–water partition coefficient (Wildman–Crippen LogP) is 1.56. The van der Waals surface area contributed by atoms with Crippen molar-refractivity contribution in [2.45, 2.75) is 12.8 Å². The van der Waals surface area contributed by atoms with E-state index in [-0.39, 0.29) is 0 Å². The summed E-state index contributed by atoms with van der Waals surface area (Å²) in [6, 6.07) is 6.06. The third kappa shape index (κ3) is 4.51. The Morgan fingerprint density at radius 1 is 0.952 bits per heavy atom. The van der Waals surface area contributed by atoms with Gasteiger partial charge in [0.25, 0.3) is 0 Å². The maximum Gasteiger partial charge on any atom is 0.124 e. The lowest BCUT2D eigenvalue weighted by atomic mass is 10.2. The standard InChI is InChI=1S/C16H27N3O2/c1-20-15-11-14(12-16(13-15)21-2)19-9-7-18(8-10-19)6-4-3-5-17/h11-13H,3-10,17H2,1-2H3. The third-order valence-corrected chi connectivity index (χ3v) is 4.00. The van der Waals surface area contributed by atoms with Crippen molar-refractivity contribution < 1.29 is 9.47 Å². The van der Waals surface area contributed by atoms with Crippen molar-refractivity contribution in [3.05, 3.63) is 18.2 Å². The van der Waals surface area contributed by atoms with E-state index in [1.54, 1.807) is 14.2 Å². The van der Waals surface area contributed by atoms with Crippen LogP contribution in [0.4, 0.5) is 5.69 Å². The van der Waals surface area contributed by atoms with Crippen LogP contribution < -0.4 is 20.1 Å². The Balaban J connectivity index is 1.92. The smallest absolute Gasteiger partial charge is 0.124 e. The Morgan fingerprint density at radius 3 is 2.10 bits per heavy atom. The van der Waals surface area contributed by atoms with Gasteiger partial charge in [-0.3, -0.25) is 4.90 Å². The van der Waals surface area contributed by atoms with E-state index in [2.05, 4.69) is 21.9 Å². The molecule has 1 aromatic carbocycles. The summed E-state index contributed by atoms with van der Waals surface area (Å²) in [4.78, 5) is 4.91. The van der Waals surface area contributed by atoms with Gasteiger partial charge in [0.2, 0.25) is 0 Å². The van der Waals surface area contributed by atoms with Crippen LogP contribution in [-0.4, -0.2) is 58.4 Å². The summed E-state index contributed by atoms with van der Waals surface area (Å²) in [5.74, 6) is 1.68. The van der Waals surface area contributed by atoms with Gasteiger partial charge in [0, 0.05) is 50.1 Å². The molecule has 5 heteroatoms. The molecule has 2 rings (SSSR count). The van der Waals surface area contributed by atoms with E-state index in [0.29, 0.717) is 0 Å². The fourth-order valence-corrected chi connectivity index (χ4v) is 2.68. The van der Waals surface area contributed by atoms with Gasteiger partial charge in [-0.15, -0.1) is 0 Å². The number of rotatable bonds is 7. The minimum Gasteiger partial charge on any atom is -0.497 e. The summed E-state index contributed by atoms with van der Waals surface area (Å²) in [6.45, 7) is 6.24. The van der Waals surface area contributed by atoms with Crippen LogP contribution in [0.2, 0.25) is 0 Å². The SMILES string of the molecule is COc1cc(OC)cc(N2CCN(CCCCN)CC2)c1. The molecule has 21 heavy (non-hydrogen) atoms. The van der Waals surface area contributed by atoms with Crippen molar-refractivity contribution in [1.82, 2.24) is 4.90 Å². The summed E-state index contributed by atoms with van der Waals surface area (Å²) < 4.78 is 10.7. The number of benzene rings is 1. The minimum absolute atomic E-state index is 0.795. The van der Waals surface area contributed by atoms with Crippen molar-refractivity contribution in [2.24, 2.45) is 5.73 Å². The first-order valence-corrected chi connectivity index (χ1v) is 7.67. The lowest BCUT2D eigenvalue weighted by Gasteiger charge is -2.36. The molecule has 2 N–H and O–H groups in total. The molecule has 1 aromatic rings. The van der Waals surface area contributed by atoms with Crippen molar-refractivity contribution >= 4 is 5.69 Å². The first-order chi connectivity index (χ1) is 10.3. The monoisotopic (exact) mass is 293 g/mol. The minimum atomic E-state index is 0.795. The molecule has 0 radical (unpaired) electrons. The highest BCUT2D eigenvalue weighted by Gasteiger charge is 2.17. The van der Waals surface area contributed by atoms with Crippen molar-refractivity contribution in [3.8, 4) is 11.5 Å². The fourth-order valence-electron chi connectivity index (χ4n) is 2.68. The second-order valence-electron chi connectivity index (χ2n) is 5.40. The highest BCUT2D eigenvalue weighted by atomic mass is 16.5. The van der Waals surface area contributed by atoms with Crippen LogP contribution >= 0.6 is 0 Å². The Labute approximate surface area is 127 Å². The number of piperazine rings is 1. The largest absolute Gasteiger partial charge is 0.497 e. The molecule has 0 atom stereocenters. The summed E-state index contributed by atoms with van der Waals surface area (Å²) in [5, 5.41) is 0. The molecule has 0 saturated carbocycles. The summed E-state index contributed by atoms with van der Waals surface area (Å²) in [7, 11) is 3.38. The van der Waals surface area contributed by atoms with Crippen molar-refractivity contribution in [1.29, 1.82) is 0 Å². The van der Waals surface area contributed by atoms with E-state index < -0.39 is 0 Å². The van der Waals surface area contributed by atoms with Crippen LogP contribution in [0.5, 0.6) is 11.5 Å². The number of unbranched alkanes of at least 4 members (excludes halogenated alkanes) is 1. The molecule has 0 aromatic heterocycles. The topological polar surface area (TPSA) is 51.0 Å². The van der Waals surface area contributed by atoms with Gasteiger partial charge < -0.3 is 20.1 Å². The van der Waals surface area contributed by atoms with Crippen LogP contribution in [0.25, 0.3) is 0 Å². The molecular weight excluding hydrogens is 266 g/mol. The van der Waals surface area contributed by atoms with E-state index in [1.165, 1.54) is 12.1 Å². The zero-order valence-corrected chi connectivity index (χ0v) is 13.2. The van der Waals surface area contributed by atoms with E-state index in [4.69, 9.17) is 15.2 Å². The highest BCUT2D eigenvalue weighted by molar-refractivity contribution is 5.56. The van der Waals surface area contributed by atoms with E-state index in [0.717, 1.165) is 57.2 Å². The number of hydrogen-bond donors (Lipinski definition) is 1. The average Bonchev–Trinajstić information content (AvgIpc) is 2.55. The van der Waals surface area contributed by atoms with Gasteiger partial charge in [0.05, 0.1) is 14.2 Å². The number of methoxy groups -OCH3 is 2. The lowest BCUT2D eigenvalue weighted by molar-refractivity contribution is 0.253. The molecule has 1 heterocycles. The quantitative estimate of drug-likeness (QED) is 0.773. The van der Waals surface area contributed by atoms with Crippen molar-refractivity contribution in [2.75, 3.05) is 58.4 Å². The molecule has 0 aliphatic carbocycles. The van der Waals surface area contributed by atoms with Crippen LogP contribution in [0.15, 0.2) is 18.2 Å². The maximum atomic E-state index is 5.55. The molecular formula is C16H27N3O2. The van der Waals surface area contributed by atoms with E-state index in [9.17, 15) is 0 Å². The second kappa shape index (κ2) is 8.10. The second-order valence-corrected chi connectivity index (χ2v) is 5.40. The van der Waals surface area contributed by atoms with Gasteiger partial charge >= 0.3 is 0 Å². The maximum absolute atomic E-state index is 5.55. The summed E-state index contributed by atoms with van der Waals surface area (Å²) >= 11 is 0. The van der Waals surface area contributed by atoms with Gasteiger partial charge in [-0.25, -0.2) is 0 Å². The molecule has 1 fully saturated rings. The van der Waals surface area contributed by atoms with Gasteiger partial charge in [0.1, 0.15) is 11.5 Å². The Kier molecular flexibility index (Phi) is 6.14. The molecule has 1 aliphatic rings. The molecule has 0 spiro atoms. The highest BCUT2D eigenvalue weighted by Crippen LogP contribution is 2.29. The lowest BCUT2D eigenvalue weighted by Crippen LogP contribution is -2.46. The van der Waals surface area contributed by atoms with Gasteiger partial charge in [0.15, 0.2) is 0 Å². The summed E-state index contributed by atoms with van der Waals surface area (Å²) in [6.07, 6.45) is 2.32. The van der Waals surface area contributed by atoms with E-state index in [1.807, 2.05) is 6.07 Å². The first-order valence-electron chi connectivity index (χ1n) is 7.67. The molecule has 0 amide bonds. The van der Waals surface area contributed by atoms with Crippen LogP contribution in [0, 0.1) is 0 Å². The normalized spacial score (nSPS) is 16.0. The third-order valence-electron chi connectivity index (χ3n) is 4.00. The van der Waals surface area contributed by atoms with Gasteiger partial charge in [-0.05, 0) is 25.9 Å². The Bertz CT molecular complexity index is 409. The summed E-state index contributed by atoms with van der Waals surface area (Å²) in [5.41, 5.74) is 6.72. The zero-order valence-electron chi connectivity index (χ0n) is 13.2. The van der Waals surface area contributed by atoms with Crippen LogP contribution in [-0.2, 0) is 0 Å². The number of ether oxygens (including phenoxy) is 2. The molecule has 1 saturated heterocycles. The first kappa shape index (κ1) is 15.9. The number of nitrogens with two attached hydrogens (primary N) is 1. The van der Waals surface area contributed by atoms with Gasteiger partial charge in [-0.2, -0.15) is 0 Å². The average molecular weight is 293 g/mol. The number of nitrogens with zero attached hydrogens (tertiary/aromatic N) is 2. The predicted molar refractivity (Wildman–Crippen MR) is 86.5 cm³/mol. The molecule has 1 aliphatic heterocycles. The van der Waals surface area contributed by atoms with Crippen molar-refractivity contribution in [3.63, 3.8) is 0 Å². The molecule has 0 unspecified atom stereocenters. The number of hydrogen-bond acceptors (Lipinski definition) is 5. The molecule has 5 nitrogen and oxygen atoms in total. The molecule has 118 valence electrons. The van der Waals surface area contributed by atoms with Crippen LogP contribution in [0.3, 0.4) is 0 Å².